The van der Waals surface area contributed by atoms with E-state index >= 15 is 0 Å². The standard InChI is InChI=1S/C21H21ClN4O3/c22-16-7-5-15(6-8-16)12-17-13-24-20(29-17)18-4-1-2-11-26(18)19(27)14-25-10-3-9-23-21(25)28/h3,5-10,13,18H,1-2,4,11-12,14H2. The fourth-order valence-electron chi connectivity index (χ4n) is 3.59. The van der Waals surface area contributed by atoms with Crippen LogP contribution >= 0.6 is 11.6 Å². The van der Waals surface area contributed by atoms with Gasteiger partial charge < -0.3 is 9.32 Å². The number of carbonyl (C=O) groups is 1. The largest absolute Gasteiger partial charge is 0.443 e. The Kier molecular flexibility index (Phi) is 5.76. The number of aromatic nitrogens is 3. The van der Waals surface area contributed by atoms with Crippen LogP contribution in [-0.4, -0.2) is 31.9 Å². The normalized spacial score (nSPS) is 16.7. The summed E-state index contributed by atoms with van der Waals surface area (Å²) in [5.41, 5.74) is 0.639. The molecule has 1 aliphatic heterocycles. The minimum atomic E-state index is -0.434. The molecule has 0 bridgehead atoms. The number of amides is 1. The number of nitrogens with zero attached hydrogens (tertiary/aromatic N) is 4. The van der Waals surface area contributed by atoms with Gasteiger partial charge in [0.25, 0.3) is 0 Å². The van der Waals surface area contributed by atoms with E-state index in [4.69, 9.17) is 16.0 Å². The minimum absolute atomic E-state index is 0.0402. The highest BCUT2D eigenvalue weighted by Crippen LogP contribution is 2.31. The Morgan fingerprint density at radius 1 is 1.21 bits per heavy atom. The lowest BCUT2D eigenvalue weighted by Crippen LogP contribution is -2.42. The van der Waals surface area contributed by atoms with E-state index < -0.39 is 5.69 Å². The van der Waals surface area contributed by atoms with Crippen LogP contribution in [0.15, 0.2) is 58.1 Å². The molecule has 4 rings (SSSR count). The van der Waals surface area contributed by atoms with Crippen molar-refractivity contribution in [3.05, 3.63) is 81.6 Å². The van der Waals surface area contributed by atoms with Gasteiger partial charge in [0.2, 0.25) is 11.8 Å². The van der Waals surface area contributed by atoms with E-state index in [0.717, 1.165) is 30.6 Å². The molecule has 1 amide bonds. The molecule has 0 radical (unpaired) electrons. The lowest BCUT2D eigenvalue weighted by Gasteiger charge is -2.33. The third-order valence-electron chi connectivity index (χ3n) is 5.06. The minimum Gasteiger partial charge on any atom is -0.443 e. The predicted molar refractivity (Wildman–Crippen MR) is 108 cm³/mol. The van der Waals surface area contributed by atoms with Gasteiger partial charge in [0.15, 0.2) is 0 Å². The molecule has 0 spiro atoms. The van der Waals surface area contributed by atoms with Crippen LogP contribution in [0.25, 0.3) is 0 Å². The van der Waals surface area contributed by atoms with E-state index in [1.165, 1.54) is 10.8 Å². The molecule has 150 valence electrons. The SMILES string of the molecule is O=C(Cn1cccnc1=O)N1CCCCC1c1ncc(Cc2ccc(Cl)cc2)o1. The topological polar surface area (TPSA) is 81.2 Å². The molecular weight excluding hydrogens is 392 g/mol. The number of likely N-dealkylation sites (tertiary alicyclic amines) is 1. The van der Waals surface area contributed by atoms with Crippen molar-refractivity contribution >= 4 is 17.5 Å². The fraction of sp³-hybridized carbons (Fsp3) is 0.333. The summed E-state index contributed by atoms with van der Waals surface area (Å²) in [7, 11) is 0. The molecule has 0 N–H and O–H groups in total. The van der Waals surface area contributed by atoms with Crippen molar-refractivity contribution in [2.75, 3.05) is 6.54 Å². The average molecular weight is 413 g/mol. The van der Waals surface area contributed by atoms with E-state index in [1.54, 1.807) is 23.4 Å². The van der Waals surface area contributed by atoms with Gasteiger partial charge in [0.05, 0.1) is 6.20 Å². The van der Waals surface area contributed by atoms with E-state index in [1.807, 2.05) is 24.3 Å². The van der Waals surface area contributed by atoms with Gasteiger partial charge in [0, 0.05) is 30.4 Å². The van der Waals surface area contributed by atoms with Crippen molar-refractivity contribution < 1.29 is 9.21 Å². The van der Waals surface area contributed by atoms with Crippen LogP contribution in [-0.2, 0) is 17.8 Å². The lowest BCUT2D eigenvalue weighted by atomic mass is 10.0. The molecule has 1 aliphatic rings. The first-order valence-electron chi connectivity index (χ1n) is 9.60. The lowest BCUT2D eigenvalue weighted by molar-refractivity contribution is -0.136. The summed E-state index contributed by atoms with van der Waals surface area (Å²) >= 11 is 5.94. The van der Waals surface area contributed by atoms with Gasteiger partial charge in [-0.2, -0.15) is 0 Å². The Morgan fingerprint density at radius 2 is 2.03 bits per heavy atom. The van der Waals surface area contributed by atoms with Crippen LogP contribution in [0.1, 0.15) is 42.5 Å². The second-order valence-corrected chi connectivity index (χ2v) is 7.53. The highest BCUT2D eigenvalue weighted by molar-refractivity contribution is 6.30. The van der Waals surface area contributed by atoms with Gasteiger partial charge in [-0.15, -0.1) is 0 Å². The monoisotopic (exact) mass is 412 g/mol. The van der Waals surface area contributed by atoms with Crippen molar-refractivity contribution in [1.29, 1.82) is 0 Å². The zero-order chi connectivity index (χ0) is 20.2. The molecule has 1 unspecified atom stereocenters. The average Bonchev–Trinajstić information content (AvgIpc) is 3.20. The summed E-state index contributed by atoms with van der Waals surface area (Å²) in [5.74, 6) is 1.14. The molecule has 1 aromatic carbocycles. The Morgan fingerprint density at radius 3 is 2.83 bits per heavy atom. The number of piperidine rings is 1. The van der Waals surface area contributed by atoms with Crippen molar-refractivity contribution in [2.45, 2.75) is 38.3 Å². The number of hydrogen-bond donors (Lipinski definition) is 0. The van der Waals surface area contributed by atoms with E-state index in [-0.39, 0.29) is 18.5 Å². The number of carbonyl (C=O) groups excluding carboxylic acids is 1. The van der Waals surface area contributed by atoms with Gasteiger partial charge in [-0.25, -0.2) is 14.8 Å². The number of oxazole rings is 1. The highest BCUT2D eigenvalue weighted by atomic mass is 35.5. The van der Waals surface area contributed by atoms with Crippen LogP contribution in [0.4, 0.5) is 0 Å². The maximum absolute atomic E-state index is 12.9. The first-order valence-corrected chi connectivity index (χ1v) is 9.98. The molecule has 3 aromatic rings. The van der Waals surface area contributed by atoms with Crippen LogP contribution in [0.5, 0.6) is 0 Å². The molecular formula is C21H21ClN4O3. The molecule has 1 fully saturated rings. The highest BCUT2D eigenvalue weighted by Gasteiger charge is 2.31. The van der Waals surface area contributed by atoms with Crippen molar-refractivity contribution in [2.24, 2.45) is 0 Å². The van der Waals surface area contributed by atoms with E-state index in [2.05, 4.69) is 9.97 Å². The molecule has 0 aliphatic carbocycles. The predicted octanol–water partition coefficient (Wildman–Crippen LogP) is 3.23. The Balaban J connectivity index is 1.49. The second kappa shape index (κ2) is 8.61. The molecule has 3 heterocycles. The van der Waals surface area contributed by atoms with Crippen LogP contribution < -0.4 is 5.69 Å². The Hall–Kier alpha value is -2.93. The van der Waals surface area contributed by atoms with Gasteiger partial charge in [-0.1, -0.05) is 23.7 Å². The van der Waals surface area contributed by atoms with Crippen molar-refractivity contribution in [3.63, 3.8) is 0 Å². The quantitative estimate of drug-likeness (QED) is 0.642. The maximum atomic E-state index is 12.9. The van der Waals surface area contributed by atoms with Crippen LogP contribution in [0, 0.1) is 0 Å². The third kappa shape index (κ3) is 4.56. The third-order valence-corrected chi connectivity index (χ3v) is 5.31. The number of benzene rings is 1. The summed E-state index contributed by atoms with van der Waals surface area (Å²) in [5, 5.41) is 0.691. The summed E-state index contributed by atoms with van der Waals surface area (Å²) < 4.78 is 7.31. The van der Waals surface area contributed by atoms with Crippen molar-refractivity contribution in [1.82, 2.24) is 19.4 Å². The number of halogens is 1. The maximum Gasteiger partial charge on any atom is 0.347 e. The summed E-state index contributed by atoms with van der Waals surface area (Å²) in [6.45, 7) is 0.578. The molecule has 0 saturated carbocycles. The van der Waals surface area contributed by atoms with E-state index in [0.29, 0.717) is 23.9 Å². The smallest absolute Gasteiger partial charge is 0.347 e. The van der Waals surface area contributed by atoms with Gasteiger partial charge in [-0.3, -0.25) is 9.36 Å². The van der Waals surface area contributed by atoms with Crippen molar-refractivity contribution in [3.8, 4) is 0 Å². The zero-order valence-corrected chi connectivity index (χ0v) is 16.6. The van der Waals surface area contributed by atoms with Crippen LogP contribution in [0.3, 0.4) is 0 Å². The Bertz CT molecular complexity index is 1040. The summed E-state index contributed by atoms with van der Waals surface area (Å²) in [6.07, 6.45) is 8.01. The fourth-order valence-corrected chi connectivity index (χ4v) is 3.72. The van der Waals surface area contributed by atoms with E-state index in [9.17, 15) is 9.59 Å². The first kappa shape index (κ1) is 19.4. The molecule has 1 saturated heterocycles. The number of rotatable bonds is 5. The van der Waals surface area contributed by atoms with Gasteiger partial charge in [0.1, 0.15) is 18.3 Å². The van der Waals surface area contributed by atoms with Crippen LogP contribution in [0.2, 0.25) is 5.02 Å². The molecule has 29 heavy (non-hydrogen) atoms. The second-order valence-electron chi connectivity index (χ2n) is 7.10. The van der Waals surface area contributed by atoms with Gasteiger partial charge in [-0.05, 0) is 43.0 Å². The molecule has 2 aromatic heterocycles. The first-order chi connectivity index (χ1) is 14.1. The number of hydrogen-bond acceptors (Lipinski definition) is 5. The molecule has 8 heteroatoms. The molecule has 7 nitrogen and oxygen atoms in total. The van der Waals surface area contributed by atoms with Gasteiger partial charge >= 0.3 is 5.69 Å². The molecule has 1 atom stereocenters. The Labute approximate surface area is 173 Å². The summed E-state index contributed by atoms with van der Waals surface area (Å²) in [6, 6.07) is 9.01. The summed E-state index contributed by atoms with van der Waals surface area (Å²) in [4.78, 5) is 34.6. The zero-order valence-electron chi connectivity index (χ0n) is 15.8.